The topological polar surface area (TPSA) is 0 Å². The van der Waals surface area contributed by atoms with Crippen LogP contribution in [0.5, 0.6) is 0 Å². The normalized spacial score (nSPS) is 15.6. The lowest BCUT2D eigenvalue weighted by Gasteiger charge is -2.14. The number of aryl methyl sites for hydroxylation is 1. The Morgan fingerprint density at radius 3 is 2.24 bits per heavy atom. The molecule has 0 saturated heterocycles. The standard InChI is InChI=1S/C21H18/c1-2-15-12-13-18-17-10-6-7-11-19(17)21(20(18)14-15)16-8-4-3-5-9-16/h3-14,21H,2H2,1H3. The van der Waals surface area contributed by atoms with Gasteiger partial charge in [-0.2, -0.15) is 0 Å². The number of fused-ring (bicyclic) bond motifs is 3. The highest BCUT2D eigenvalue weighted by atomic mass is 14.3. The van der Waals surface area contributed by atoms with E-state index >= 15 is 0 Å². The molecule has 0 heterocycles. The molecule has 0 bridgehead atoms. The molecule has 1 aliphatic rings. The van der Waals surface area contributed by atoms with Crippen LogP contribution in [0.4, 0.5) is 0 Å². The highest BCUT2D eigenvalue weighted by Gasteiger charge is 2.29. The van der Waals surface area contributed by atoms with E-state index in [1.807, 2.05) is 0 Å². The van der Waals surface area contributed by atoms with Crippen LogP contribution in [0.3, 0.4) is 0 Å². The van der Waals surface area contributed by atoms with Crippen LogP contribution in [-0.4, -0.2) is 0 Å². The number of rotatable bonds is 2. The first-order chi connectivity index (χ1) is 10.4. The molecule has 3 aromatic carbocycles. The minimum Gasteiger partial charge on any atom is -0.0622 e. The van der Waals surface area contributed by atoms with E-state index in [4.69, 9.17) is 0 Å². The number of hydrogen-bond donors (Lipinski definition) is 0. The second kappa shape index (κ2) is 4.89. The molecule has 0 heteroatoms. The minimum absolute atomic E-state index is 0.379. The van der Waals surface area contributed by atoms with Gasteiger partial charge in [0.05, 0.1) is 0 Å². The SMILES string of the molecule is CCc1ccc2c(c1)C(c1ccccc1)c1ccccc1-2. The molecule has 0 N–H and O–H groups in total. The zero-order valence-corrected chi connectivity index (χ0v) is 12.2. The fraction of sp³-hybridized carbons (Fsp3) is 0.143. The first-order valence-corrected chi connectivity index (χ1v) is 7.65. The molecule has 1 aliphatic carbocycles. The maximum Gasteiger partial charge on any atom is 0.0352 e. The van der Waals surface area contributed by atoms with Crippen molar-refractivity contribution in [3.8, 4) is 11.1 Å². The van der Waals surface area contributed by atoms with Crippen LogP contribution in [-0.2, 0) is 6.42 Å². The van der Waals surface area contributed by atoms with Gasteiger partial charge in [0.15, 0.2) is 0 Å². The molecule has 0 aromatic heterocycles. The van der Waals surface area contributed by atoms with Gasteiger partial charge in [-0.15, -0.1) is 0 Å². The molecule has 0 spiro atoms. The summed E-state index contributed by atoms with van der Waals surface area (Å²) in [4.78, 5) is 0. The summed E-state index contributed by atoms with van der Waals surface area (Å²) >= 11 is 0. The third-order valence-electron chi connectivity index (χ3n) is 4.53. The average Bonchev–Trinajstić information content (AvgIpc) is 2.89. The molecule has 0 fully saturated rings. The Morgan fingerprint density at radius 2 is 1.43 bits per heavy atom. The van der Waals surface area contributed by atoms with Gasteiger partial charge in [0.2, 0.25) is 0 Å². The zero-order valence-electron chi connectivity index (χ0n) is 12.2. The Kier molecular flexibility index (Phi) is 2.89. The first-order valence-electron chi connectivity index (χ1n) is 7.65. The molecule has 0 nitrogen and oxygen atoms in total. The van der Waals surface area contributed by atoms with Crippen molar-refractivity contribution in [3.63, 3.8) is 0 Å². The van der Waals surface area contributed by atoms with Crippen molar-refractivity contribution >= 4 is 0 Å². The van der Waals surface area contributed by atoms with Gasteiger partial charge >= 0.3 is 0 Å². The summed E-state index contributed by atoms with van der Waals surface area (Å²) in [6.07, 6.45) is 1.09. The lowest BCUT2D eigenvalue weighted by molar-refractivity contribution is 1.00. The second-order valence-corrected chi connectivity index (χ2v) is 5.71. The van der Waals surface area contributed by atoms with Crippen LogP contribution in [0.25, 0.3) is 11.1 Å². The highest BCUT2D eigenvalue weighted by molar-refractivity contribution is 5.80. The summed E-state index contributed by atoms with van der Waals surface area (Å²) in [5.74, 6) is 0.379. The predicted octanol–water partition coefficient (Wildman–Crippen LogP) is 5.41. The van der Waals surface area contributed by atoms with Gasteiger partial charge in [0.25, 0.3) is 0 Å². The van der Waals surface area contributed by atoms with Gasteiger partial charge in [-0.1, -0.05) is 79.7 Å². The van der Waals surface area contributed by atoms with E-state index < -0.39 is 0 Å². The molecule has 1 atom stereocenters. The van der Waals surface area contributed by atoms with Gasteiger partial charge in [-0.05, 0) is 39.8 Å². The smallest absolute Gasteiger partial charge is 0.0352 e. The molecule has 0 aliphatic heterocycles. The first kappa shape index (κ1) is 12.4. The van der Waals surface area contributed by atoms with Crippen molar-refractivity contribution in [2.75, 3.05) is 0 Å². The van der Waals surface area contributed by atoms with E-state index in [0.717, 1.165) is 6.42 Å². The summed E-state index contributed by atoms with van der Waals surface area (Å²) in [7, 11) is 0. The van der Waals surface area contributed by atoms with Crippen LogP contribution < -0.4 is 0 Å². The van der Waals surface area contributed by atoms with Gasteiger partial charge in [-0.3, -0.25) is 0 Å². The van der Waals surface area contributed by atoms with E-state index in [2.05, 4.69) is 79.7 Å². The predicted molar refractivity (Wildman–Crippen MR) is 88.6 cm³/mol. The van der Waals surface area contributed by atoms with Crippen LogP contribution in [0.1, 0.15) is 35.1 Å². The maximum absolute atomic E-state index is 2.40. The third kappa shape index (κ3) is 1.91. The van der Waals surface area contributed by atoms with Crippen molar-refractivity contribution in [2.24, 2.45) is 0 Å². The lowest BCUT2D eigenvalue weighted by atomic mass is 9.88. The quantitative estimate of drug-likeness (QED) is 0.457. The fourth-order valence-corrected chi connectivity index (χ4v) is 3.48. The van der Waals surface area contributed by atoms with Crippen molar-refractivity contribution in [1.82, 2.24) is 0 Å². The van der Waals surface area contributed by atoms with Gasteiger partial charge in [0.1, 0.15) is 0 Å². The van der Waals surface area contributed by atoms with E-state index in [1.54, 1.807) is 0 Å². The monoisotopic (exact) mass is 270 g/mol. The maximum atomic E-state index is 2.40. The van der Waals surface area contributed by atoms with Crippen LogP contribution in [0.15, 0.2) is 72.8 Å². The third-order valence-corrected chi connectivity index (χ3v) is 4.53. The Bertz CT molecular complexity index is 784. The molecule has 3 aromatic rings. The minimum atomic E-state index is 0.379. The number of benzene rings is 3. The number of hydrogen-bond acceptors (Lipinski definition) is 0. The highest BCUT2D eigenvalue weighted by Crippen LogP contribution is 2.48. The fourth-order valence-electron chi connectivity index (χ4n) is 3.48. The Hall–Kier alpha value is -2.34. The summed E-state index contributed by atoms with van der Waals surface area (Å²) in [5.41, 5.74) is 8.49. The molecule has 4 rings (SSSR count). The van der Waals surface area contributed by atoms with Crippen LogP contribution in [0, 0.1) is 0 Å². The van der Waals surface area contributed by atoms with Gasteiger partial charge in [0, 0.05) is 5.92 Å². The largest absolute Gasteiger partial charge is 0.0622 e. The molecule has 1 unspecified atom stereocenters. The van der Waals surface area contributed by atoms with Gasteiger partial charge < -0.3 is 0 Å². The molecule has 102 valence electrons. The lowest BCUT2D eigenvalue weighted by Crippen LogP contribution is -1.99. The molecule has 21 heavy (non-hydrogen) atoms. The average molecular weight is 270 g/mol. The molecule has 0 amide bonds. The van der Waals surface area contributed by atoms with E-state index in [1.165, 1.54) is 33.4 Å². The summed E-state index contributed by atoms with van der Waals surface area (Å²) < 4.78 is 0. The van der Waals surface area contributed by atoms with Crippen LogP contribution >= 0.6 is 0 Å². The zero-order chi connectivity index (χ0) is 14.2. The Morgan fingerprint density at radius 1 is 0.714 bits per heavy atom. The van der Waals surface area contributed by atoms with Gasteiger partial charge in [-0.25, -0.2) is 0 Å². The van der Waals surface area contributed by atoms with Crippen molar-refractivity contribution in [2.45, 2.75) is 19.3 Å². The molecular weight excluding hydrogens is 252 g/mol. The summed E-state index contributed by atoms with van der Waals surface area (Å²) in [6.45, 7) is 2.22. The van der Waals surface area contributed by atoms with E-state index in [0.29, 0.717) is 5.92 Å². The van der Waals surface area contributed by atoms with Crippen molar-refractivity contribution in [1.29, 1.82) is 0 Å². The Balaban J connectivity index is 1.99. The van der Waals surface area contributed by atoms with E-state index in [-0.39, 0.29) is 0 Å². The summed E-state index contributed by atoms with van der Waals surface area (Å²) in [5, 5.41) is 0. The molecule has 0 radical (unpaired) electrons. The van der Waals surface area contributed by atoms with Crippen molar-refractivity contribution in [3.05, 3.63) is 95.1 Å². The van der Waals surface area contributed by atoms with Crippen molar-refractivity contribution < 1.29 is 0 Å². The Labute approximate surface area is 126 Å². The molecular formula is C21H18. The second-order valence-electron chi connectivity index (χ2n) is 5.71. The summed E-state index contributed by atoms with van der Waals surface area (Å²) in [6, 6.07) is 26.6. The van der Waals surface area contributed by atoms with E-state index in [9.17, 15) is 0 Å². The molecule has 0 saturated carbocycles. The van der Waals surface area contributed by atoms with Crippen LogP contribution in [0.2, 0.25) is 0 Å².